The number of amides is 1. The zero-order valence-corrected chi connectivity index (χ0v) is 11.5. The molecule has 0 saturated carbocycles. The van der Waals surface area contributed by atoms with Gasteiger partial charge in [0.15, 0.2) is 6.10 Å². The largest absolute Gasteiger partial charge is 0.508 e. The summed E-state index contributed by atoms with van der Waals surface area (Å²) in [6.07, 6.45) is -0.607. The molecule has 2 rings (SSSR count). The molecule has 20 heavy (non-hydrogen) atoms. The summed E-state index contributed by atoms with van der Waals surface area (Å²) >= 11 is 0. The van der Waals surface area contributed by atoms with Gasteiger partial charge in [-0.2, -0.15) is 0 Å². The van der Waals surface area contributed by atoms with E-state index in [0.29, 0.717) is 11.4 Å². The molecule has 2 aromatic rings. The van der Waals surface area contributed by atoms with Gasteiger partial charge in [-0.25, -0.2) is 0 Å². The van der Waals surface area contributed by atoms with E-state index in [9.17, 15) is 9.90 Å². The highest BCUT2D eigenvalue weighted by atomic mass is 16.5. The lowest BCUT2D eigenvalue weighted by atomic mass is 10.2. The maximum Gasteiger partial charge on any atom is 0.265 e. The third-order valence-corrected chi connectivity index (χ3v) is 2.90. The molecular formula is C16H17NO3. The molecule has 4 heteroatoms. The number of aromatic hydroxyl groups is 1. The third-order valence-electron chi connectivity index (χ3n) is 2.90. The molecule has 4 nitrogen and oxygen atoms in total. The van der Waals surface area contributed by atoms with Gasteiger partial charge >= 0.3 is 0 Å². The number of phenols is 1. The van der Waals surface area contributed by atoms with E-state index in [4.69, 9.17) is 4.74 Å². The standard InChI is InChI=1S/C16H17NO3/c1-11-5-3-4-6-15(11)20-12(2)16(19)17-13-7-9-14(18)10-8-13/h3-10,12,18H,1-2H3,(H,17,19)/t12-/m1/s1. The van der Waals surface area contributed by atoms with Crippen LogP contribution in [0.1, 0.15) is 12.5 Å². The van der Waals surface area contributed by atoms with Crippen LogP contribution in [0.15, 0.2) is 48.5 Å². The molecule has 0 bridgehead atoms. The molecule has 0 heterocycles. The van der Waals surface area contributed by atoms with Crippen LogP contribution in [0.25, 0.3) is 0 Å². The van der Waals surface area contributed by atoms with E-state index in [1.54, 1.807) is 19.1 Å². The van der Waals surface area contributed by atoms with Gasteiger partial charge < -0.3 is 15.2 Å². The van der Waals surface area contributed by atoms with Crippen molar-refractivity contribution in [3.63, 3.8) is 0 Å². The average Bonchev–Trinajstić information content (AvgIpc) is 2.44. The number of carbonyl (C=O) groups excluding carboxylic acids is 1. The third kappa shape index (κ3) is 3.51. The lowest BCUT2D eigenvalue weighted by Crippen LogP contribution is -2.30. The second kappa shape index (κ2) is 6.10. The van der Waals surface area contributed by atoms with Crippen molar-refractivity contribution in [2.75, 3.05) is 5.32 Å². The Morgan fingerprint density at radius 3 is 2.45 bits per heavy atom. The number of aryl methyl sites for hydroxylation is 1. The molecule has 0 unspecified atom stereocenters. The van der Waals surface area contributed by atoms with E-state index in [2.05, 4.69) is 5.32 Å². The van der Waals surface area contributed by atoms with Crippen LogP contribution in [0, 0.1) is 6.92 Å². The Kier molecular flexibility index (Phi) is 4.25. The molecule has 0 radical (unpaired) electrons. The summed E-state index contributed by atoms with van der Waals surface area (Å²) in [5.41, 5.74) is 1.60. The Hall–Kier alpha value is -2.49. The topological polar surface area (TPSA) is 58.6 Å². The summed E-state index contributed by atoms with van der Waals surface area (Å²) in [7, 11) is 0. The minimum atomic E-state index is -0.607. The maximum absolute atomic E-state index is 12.0. The molecule has 104 valence electrons. The van der Waals surface area contributed by atoms with E-state index >= 15 is 0 Å². The zero-order chi connectivity index (χ0) is 14.5. The van der Waals surface area contributed by atoms with Gasteiger partial charge in [-0.3, -0.25) is 4.79 Å². The molecule has 0 aromatic heterocycles. The molecule has 0 saturated heterocycles. The number of carbonyl (C=O) groups is 1. The summed E-state index contributed by atoms with van der Waals surface area (Å²) < 4.78 is 5.64. The Morgan fingerprint density at radius 2 is 1.80 bits per heavy atom. The Bertz CT molecular complexity index is 593. The molecule has 1 amide bonds. The van der Waals surface area contributed by atoms with Crippen LogP contribution < -0.4 is 10.1 Å². The van der Waals surface area contributed by atoms with Crippen molar-refractivity contribution in [3.05, 3.63) is 54.1 Å². The fourth-order valence-electron chi connectivity index (χ4n) is 1.72. The first-order chi connectivity index (χ1) is 9.56. The van der Waals surface area contributed by atoms with Crippen molar-refractivity contribution in [2.45, 2.75) is 20.0 Å². The molecule has 2 aromatic carbocycles. The lowest BCUT2D eigenvalue weighted by molar-refractivity contribution is -0.122. The molecule has 0 aliphatic heterocycles. The van der Waals surface area contributed by atoms with Crippen molar-refractivity contribution in [1.29, 1.82) is 0 Å². The first kappa shape index (κ1) is 13.9. The number of nitrogens with one attached hydrogen (secondary N) is 1. The zero-order valence-electron chi connectivity index (χ0n) is 11.5. The Labute approximate surface area is 118 Å². The van der Waals surface area contributed by atoms with E-state index < -0.39 is 6.10 Å². The van der Waals surface area contributed by atoms with Gasteiger partial charge in [0.05, 0.1) is 0 Å². The van der Waals surface area contributed by atoms with Gasteiger partial charge in [0.1, 0.15) is 11.5 Å². The summed E-state index contributed by atoms with van der Waals surface area (Å²) in [6.45, 7) is 3.63. The van der Waals surface area contributed by atoms with Crippen LogP contribution in [0.3, 0.4) is 0 Å². The van der Waals surface area contributed by atoms with Crippen molar-refractivity contribution in [2.24, 2.45) is 0 Å². The molecule has 0 fully saturated rings. The van der Waals surface area contributed by atoms with Gasteiger partial charge in [-0.05, 0) is 49.7 Å². The van der Waals surface area contributed by atoms with Gasteiger partial charge in [-0.15, -0.1) is 0 Å². The van der Waals surface area contributed by atoms with Gasteiger partial charge in [0.25, 0.3) is 5.91 Å². The number of para-hydroxylation sites is 1. The fraction of sp³-hybridized carbons (Fsp3) is 0.188. The van der Waals surface area contributed by atoms with Crippen LogP contribution in [-0.4, -0.2) is 17.1 Å². The second-order valence-electron chi connectivity index (χ2n) is 4.56. The normalized spacial score (nSPS) is 11.7. The van der Waals surface area contributed by atoms with E-state index in [1.807, 2.05) is 31.2 Å². The summed E-state index contributed by atoms with van der Waals surface area (Å²) in [5.74, 6) is 0.618. The second-order valence-corrected chi connectivity index (χ2v) is 4.56. The first-order valence-electron chi connectivity index (χ1n) is 6.38. The number of anilines is 1. The maximum atomic E-state index is 12.0. The first-order valence-corrected chi connectivity index (χ1v) is 6.38. The van der Waals surface area contributed by atoms with Gasteiger partial charge in [0.2, 0.25) is 0 Å². The smallest absolute Gasteiger partial charge is 0.265 e. The quantitative estimate of drug-likeness (QED) is 0.840. The summed E-state index contributed by atoms with van der Waals surface area (Å²) in [5, 5.41) is 11.9. The van der Waals surface area contributed by atoms with Crippen LogP contribution in [0.2, 0.25) is 0 Å². The van der Waals surface area contributed by atoms with Crippen LogP contribution in [-0.2, 0) is 4.79 Å². The Balaban J connectivity index is 1.99. The molecule has 0 aliphatic carbocycles. The number of hydrogen-bond acceptors (Lipinski definition) is 3. The monoisotopic (exact) mass is 271 g/mol. The van der Waals surface area contributed by atoms with E-state index in [0.717, 1.165) is 5.56 Å². The minimum Gasteiger partial charge on any atom is -0.508 e. The van der Waals surface area contributed by atoms with Crippen LogP contribution in [0.4, 0.5) is 5.69 Å². The summed E-state index contributed by atoms with van der Waals surface area (Å²) in [4.78, 5) is 12.0. The number of phenolic OH excluding ortho intramolecular Hbond substituents is 1. The SMILES string of the molecule is Cc1ccccc1O[C@H](C)C(=O)Nc1ccc(O)cc1. The van der Waals surface area contributed by atoms with Crippen molar-refractivity contribution in [3.8, 4) is 11.5 Å². The van der Waals surface area contributed by atoms with Gasteiger partial charge in [0, 0.05) is 5.69 Å². The van der Waals surface area contributed by atoms with Crippen molar-refractivity contribution < 1.29 is 14.6 Å². The highest BCUT2D eigenvalue weighted by molar-refractivity contribution is 5.94. The van der Waals surface area contributed by atoms with Crippen molar-refractivity contribution >= 4 is 11.6 Å². The molecular weight excluding hydrogens is 254 g/mol. The predicted octanol–water partition coefficient (Wildman–Crippen LogP) is 3.11. The minimum absolute atomic E-state index is 0.159. The van der Waals surface area contributed by atoms with Crippen LogP contribution >= 0.6 is 0 Å². The number of rotatable bonds is 4. The molecule has 1 atom stereocenters. The highest BCUT2D eigenvalue weighted by Crippen LogP contribution is 2.19. The molecule has 0 aliphatic rings. The number of hydrogen-bond donors (Lipinski definition) is 2. The van der Waals surface area contributed by atoms with Crippen LogP contribution in [0.5, 0.6) is 11.5 Å². The lowest BCUT2D eigenvalue weighted by Gasteiger charge is -2.16. The molecule has 0 spiro atoms. The van der Waals surface area contributed by atoms with Crippen molar-refractivity contribution in [1.82, 2.24) is 0 Å². The number of ether oxygens (including phenoxy) is 1. The predicted molar refractivity (Wildman–Crippen MR) is 78.0 cm³/mol. The average molecular weight is 271 g/mol. The molecule has 2 N–H and O–H groups in total. The van der Waals surface area contributed by atoms with E-state index in [-0.39, 0.29) is 11.7 Å². The summed E-state index contributed by atoms with van der Waals surface area (Å²) in [6, 6.07) is 13.8. The van der Waals surface area contributed by atoms with E-state index in [1.165, 1.54) is 12.1 Å². The highest BCUT2D eigenvalue weighted by Gasteiger charge is 2.15. The Morgan fingerprint density at radius 1 is 1.15 bits per heavy atom. The number of benzene rings is 2. The fourth-order valence-corrected chi connectivity index (χ4v) is 1.72. The van der Waals surface area contributed by atoms with Gasteiger partial charge in [-0.1, -0.05) is 18.2 Å².